The summed E-state index contributed by atoms with van der Waals surface area (Å²) >= 11 is 12.4. The summed E-state index contributed by atoms with van der Waals surface area (Å²) in [4.78, 5) is 28.7. The Morgan fingerprint density at radius 2 is 1.54 bits per heavy atom. The van der Waals surface area contributed by atoms with Crippen molar-refractivity contribution in [2.45, 2.75) is 45.3 Å². The molecular weight excluding hydrogens is 483 g/mol. The van der Waals surface area contributed by atoms with Crippen LogP contribution in [-0.2, 0) is 29.0 Å². The third-order valence-electron chi connectivity index (χ3n) is 5.55. The van der Waals surface area contributed by atoms with Gasteiger partial charge in [-0.3, -0.25) is 9.59 Å². The van der Waals surface area contributed by atoms with Crippen molar-refractivity contribution in [3.63, 3.8) is 0 Å². The summed E-state index contributed by atoms with van der Waals surface area (Å²) in [6.45, 7) is 4.02. The lowest BCUT2D eigenvalue weighted by atomic mass is 10.0. The van der Waals surface area contributed by atoms with E-state index in [1.54, 1.807) is 24.1 Å². The van der Waals surface area contributed by atoms with Crippen LogP contribution in [0.25, 0.3) is 0 Å². The first-order chi connectivity index (χ1) is 16.8. The van der Waals surface area contributed by atoms with E-state index in [9.17, 15) is 9.59 Å². The summed E-state index contributed by atoms with van der Waals surface area (Å²) in [6.07, 6.45) is 0.528. The van der Waals surface area contributed by atoms with E-state index in [4.69, 9.17) is 27.9 Å². The molecule has 5 nitrogen and oxygen atoms in total. The van der Waals surface area contributed by atoms with Crippen molar-refractivity contribution in [1.29, 1.82) is 0 Å². The Balaban J connectivity index is 1.97. The van der Waals surface area contributed by atoms with E-state index in [0.29, 0.717) is 22.2 Å². The Hall–Kier alpha value is -3.02. The smallest absolute Gasteiger partial charge is 0.243 e. The lowest BCUT2D eigenvalue weighted by molar-refractivity contribution is -0.141. The molecule has 184 valence electrons. The quantitative estimate of drug-likeness (QED) is 0.378. The molecule has 7 heteroatoms. The zero-order chi connectivity index (χ0) is 25.4. The first-order valence-electron chi connectivity index (χ1n) is 11.5. The van der Waals surface area contributed by atoms with Gasteiger partial charge in [0.25, 0.3) is 0 Å². The van der Waals surface area contributed by atoms with Gasteiger partial charge in [-0.05, 0) is 54.8 Å². The number of halogens is 2. The van der Waals surface area contributed by atoms with Crippen LogP contribution >= 0.6 is 23.2 Å². The number of carbonyl (C=O) groups excluding carboxylic acids is 2. The standard InChI is InChI=1S/C28H30Cl2N2O3/c1-19(2)31-28(34)26(16-20-7-5-4-6-8-20)32(18-22-11-14-24(29)25(30)15-22)27(33)17-21-9-12-23(35-3)13-10-21/h4-15,19,26H,16-18H2,1-3H3,(H,31,34). The highest BCUT2D eigenvalue weighted by Crippen LogP contribution is 2.25. The molecule has 0 spiro atoms. The highest BCUT2D eigenvalue weighted by Gasteiger charge is 2.30. The Morgan fingerprint density at radius 1 is 0.886 bits per heavy atom. The SMILES string of the molecule is COc1ccc(CC(=O)N(Cc2ccc(Cl)c(Cl)c2)C(Cc2ccccc2)C(=O)NC(C)C)cc1. The van der Waals surface area contributed by atoms with Gasteiger partial charge in [0.05, 0.1) is 23.6 Å². The van der Waals surface area contributed by atoms with E-state index in [1.807, 2.05) is 74.5 Å². The predicted octanol–water partition coefficient (Wildman–Crippen LogP) is 5.71. The Bertz CT molecular complexity index is 1130. The molecule has 0 aromatic heterocycles. The van der Waals surface area contributed by atoms with Gasteiger partial charge in [-0.15, -0.1) is 0 Å². The molecule has 1 unspecified atom stereocenters. The maximum atomic E-state index is 13.7. The van der Waals surface area contributed by atoms with Crippen molar-refractivity contribution in [2.75, 3.05) is 7.11 Å². The van der Waals surface area contributed by atoms with Gasteiger partial charge in [0.15, 0.2) is 0 Å². The summed E-state index contributed by atoms with van der Waals surface area (Å²) in [7, 11) is 1.60. The van der Waals surface area contributed by atoms with Crippen molar-refractivity contribution < 1.29 is 14.3 Å². The number of ether oxygens (including phenoxy) is 1. The van der Waals surface area contributed by atoms with E-state index in [0.717, 1.165) is 16.7 Å². The monoisotopic (exact) mass is 512 g/mol. The lowest BCUT2D eigenvalue weighted by Crippen LogP contribution is -2.52. The fourth-order valence-corrected chi connectivity index (χ4v) is 4.11. The van der Waals surface area contributed by atoms with E-state index < -0.39 is 6.04 Å². The van der Waals surface area contributed by atoms with Crippen LogP contribution in [0.3, 0.4) is 0 Å². The molecule has 0 heterocycles. The second-order valence-corrected chi connectivity index (χ2v) is 9.48. The minimum absolute atomic E-state index is 0.0655. The number of methoxy groups -OCH3 is 1. The van der Waals surface area contributed by atoms with Crippen LogP contribution in [0.1, 0.15) is 30.5 Å². The molecule has 0 fully saturated rings. The van der Waals surface area contributed by atoms with Crippen LogP contribution in [0.15, 0.2) is 72.8 Å². The Morgan fingerprint density at radius 3 is 2.14 bits per heavy atom. The molecule has 1 N–H and O–H groups in total. The predicted molar refractivity (Wildman–Crippen MR) is 141 cm³/mol. The molecule has 0 aliphatic rings. The maximum Gasteiger partial charge on any atom is 0.243 e. The molecule has 0 radical (unpaired) electrons. The molecule has 0 saturated heterocycles. The normalized spacial score (nSPS) is 11.7. The van der Waals surface area contributed by atoms with Crippen LogP contribution in [0, 0.1) is 0 Å². The molecular formula is C28H30Cl2N2O3. The Kier molecular flexibility index (Phi) is 9.58. The fourth-order valence-electron chi connectivity index (χ4n) is 3.79. The second-order valence-electron chi connectivity index (χ2n) is 8.66. The van der Waals surface area contributed by atoms with E-state index in [-0.39, 0.29) is 30.8 Å². The van der Waals surface area contributed by atoms with Crippen LogP contribution in [-0.4, -0.2) is 35.9 Å². The molecule has 0 aliphatic carbocycles. The minimum Gasteiger partial charge on any atom is -0.497 e. The number of amides is 2. The van der Waals surface area contributed by atoms with Crippen LogP contribution in [0.4, 0.5) is 0 Å². The number of nitrogens with zero attached hydrogens (tertiary/aromatic N) is 1. The molecule has 0 bridgehead atoms. The molecule has 35 heavy (non-hydrogen) atoms. The third kappa shape index (κ3) is 7.74. The molecule has 3 aromatic carbocycles. The summed E-state index contributed by atoms with van der Waals surface area (Å²) in [6, 6.07) is 21.5. The summed E-state index contributed by atoms with van der Waals surface area (Å²) in [5.41, 5.74) is 2.59. The van der Waals surface area contributed by atoms with Gasteiger partial charge < -0.3 is 15.0 Å². The van der Waals surface area contributed by atoms with Gasteiger partial charge in [0.2, 0.25) is 11.8 Å². The number of benzene rings is 3. The Labute approximate surface area is 217 Å². The fraction of sp³-hybridized carbons (Fsp3) is 0.286. The van der Waals surface area contributed by atoms with Gasteiger partial charge in [-0.1, -0.05) is 71.7 Å². The number of hydrogen-bond acceptors (Lipinski definition) is 3. The zero-order valence-electron chi connectivity index (χ0n) is 20.1. The van der Waals surface area contributed by atoms with Crippen LogP contribution in [0.5, 0.6) is 5.75 Å². The van der Waals surface area contributed by atoms with Crippen molar-refractivity contribution in [1.82, 2.24) is 10.2 Å². The topological polar surface area (TPSA) is 58.6 Å². The number of rotatable bonds is 10. The first kappa shape index (κ1) is 26.6. The largest absolute Gasteiger partial charge is 0.497 e. The van der Waals surface area contributed by atoms with Gasteiger partial charge in [-0.25, -0.2) is 0 Å². The molecule has 0 saturated carbocycles. The number of carbonyl (C=O) groups is 2. The van der Waals surface area contributed by atoms with Crippen LogP contribution in [0.2, 0.25) is 10.0 Å². The van der Waals surface area contributed by atoms with Gasteiger partial charge in [0.1, 0.15) is 11.8 Å². The maximum absolute atomic E-state index is 13.7. The van der Waals surface area contributed by atoms with Crippen molar-refractivity contribution in [2.24, 2.45) is 0 Å². The summed E-state index contributed by atoms with van der Waals surface area (Å²) in [5.74, 6) is 0.347. The van der Waals surface area contributed by atoms with E-state index in [1.165, 1.54) is 0 Å². The van der Waals surface area contributed by atoms with Crippen molar-refractivity contribution in [3.05, 3.63) is 99.5 Å². The summed E-state index contributed by atoms with van der Waals surface area (Å²) in [5, 5.41) is 3.82. The van der Waals surface area contributed by atoms with E-state index in [2.05, 4.69) is 5.32 Å². The van der Waals surface area contributed by atoms with E-state index >= 15 is 0 Å². The highest BCUT2D eigenvalue weighted by molar-refractivity contribution is 6.42. The minimum atomic E-state index is -0.708. The average Bonchev–Trinajstić information content (AvgIpc) is 2.84. The summed E-state index contributed by atoms with van der Waals surface area (Å²) < 4.78 is 5.22. The number of nitrogens with one attached hydrogen (secondary N) is 1. The van der Waals surface area contributed by atoms with Crippen molar-refractivity contribution in [3.8, 4) is 5.75 Å². The molecule has 2 amide bonds. The zero-order valence-corrected chi connectivity index (χ0v) is 21.6. The lowest BCUT2D eigenvalue weighted by Gasteiger charge is -2.32. The van der Waals surface area contributed by atoms with Crippen LogP contribution < -0.4 is 10.1 Å². The van der Waals surface area contributed by atoms with Gasteiger partial charge in [0, 0.05) is 19.0 Å². The third-order valence-corrected chi connectivity index (χ3v) is 6.29. The molecule has 1 atom stereocenters. The van der Waals surface area contributed by atoms with Gasteiger partial charge >= 0.3 is 0 Å². The molecule has 0 aliphatic heterocycles. The second kappa shape index (κ2) is 12.6. The van der Waals surface area contributed by atoms with Gasteiger partial charge in [-0.2, -0.15) is 0 Å². The first-order valence-corrected chi connectivity index (χ1v) is 12.2. The number of hydrogen-bond donors (Lipinski definition) is 1. The van der Waals surface area contributed by atoms with Crippen molar-refractivity contribution >= 4 is 35.0 Å². The highest BCUT2D eigenvalue weighted by atomic mass is 35.5. The molecule has 3 rings (SSSR count). The average molecular weight is 513 g/mol. The molecule has 3 aromatic rings.